The summed E-state index contributed by atoms with van der Waals surface area (Å²) in [5, 5.41) is 2.88. The van der Waals surface area contributed by atoms with Gasteiger partial charge in [0.2, 0.25) is 0 Å². The number of benzene rings is 2. The van der Waals surface area contributed by atoms with Crippen molar-refractivity contribution in [3.05, 3.63) is 71.8 Å². The quantitative estimate of drug-likeness (QED) is 0.858. The summed E-state index contributed by atoms with van der Waals surface area (Å²) in [5.74, 6) is -0.578. The third kappa shape index (κ3) is 4.18. The van der Waals surface area contributed by atoms with Crippen molar-refractivity contribution in [1.29, 1.82) is 0 Å². The highest BCUT2D eigenvalue weighted by Crippen LogP contribution is 2.18. The number of hydrogen-bond acceptors (Lipinski definition) is 3. The summed E-state index contributed by atoms with van der Waals surface area (Å²) in [6, 6.07) is 17.9. The number of hydrogen-bond donors (Lipinski definition) is 1. The molecule has 108 valence electrons. The van der Waals surface area contributed by atoms with E-state index in [1.165, 1.54) is 7.11 Å². The minimum absolute atomic E-state index is 0.0963. The molecule has 0 aliphatic heterocycles. The van der Waals surface area contributed by atoms with Crippen LogP contribution in [-0.2, 0) is 9.53 Å². The molecule has 1 amide bonds. The molecule has 4 heteroatoms. The summed E-state index contributed by atoms with van der Waals surface area (Å²) >= 11 is 0. The second-order valence-corrected chi connectivity index (χ2v) is 4.58. The maximum atomic E-state index is 12.2. The Morgan fingerprint density at radius 2 is 1.57 bits per heavy atom. The maximum Gasteiger partial charge on any atom is 0.307 e. The van der Waals surface area contributed by atoms with E-state index in [0.717, 1.165) is 5.56 Å². The van der Waals surface area contributed by atoms with Gasteiger partial charge >= 0.3 is 5.97 Å². The lowest BCUT2D eigenvalue weighted by Gasteiger charge is -2.18. The smallest absolute Gasteiger partial charge is 0.307 e. The van der Waals surface area contributed by atoms with Gasteiger partial charge < -0.3 is 10.1 Å². The van der Waals surface area contributed by atoms with Gasteiger partial charge in [0.05, 0.1) is 19.6 Å². The Labute approximate surface area is 123 Å². The van der Waals surface area contributed by atoms with Gasteiger partial charge in [0.25, 0.3) is 5.91 Å². The van der Waals surface area contributed by atoms with E-state index in [2.05, 4.69) is 5.32 Å². The fourth-order valence-electron chi connectivity index (χ4n) is 2.02. The van der Waals surface area contributed by atoms with Gasteiger partial charge in [-0.3, -0.25) is 9.59 Å². The number of ether oxygens (including phenoxy) is 1. The molecule has 4 nitrogen and oxygen atoms in total. The third-order valence-electron chi connectivity index (χ3n) is 3.14. The zero-order valence-electron chi connectivity index (χ0n) is 11.8. The van der Waals surface area contributed by atoms with Crippen molar-refractivity contribution in [2.75, 3.05) is 7.11 Å². The molecule has 0 bridgehead atoms. The molecule has 2 aromatic rings. The van der Waals surface area contributed by atoms with Crippen molar-refractivity contribution in [2.24, 2.45) is 0 Å². The highest BCUT2D eigenvalue weighted by atomic mass is 16.5. The molecular formula is C17H17NO3. The van der Waals surface area contributed by atoms with Crippen molar-refractivity contribution in [3.8, 4) is 0 Å². The second kappa shape index (κ2) is 7.24. The van der Waals surface area contributed by atoms with Gasteiger partial charge in [-0.15, -0.1) is 0 Å². The number of carbonyl (C=O) groups excluding carboxylic acids is 2. The molecule has 0 saturated carbocycles. The zero-order chi connectivity index (χ0) is 15.1. The van der Waals surface area contributed by atoms with Crippen LogP contribution in [0.15, 0.2) is 60.7 Å². The van der Waals surface area contributed by atoms with E-state index in [0.29, 0.717) is 5.56 Å². The molecule has 2 aromatic carbocycles. The average Bonchev–Trinajstić information content (AvgIpc) is 2.55. The monoisotopic (exact) mass is 283 g/mol. The lowest BCUT2D eigenvalue weighted by Crippen LogP contribution is -2.30. The standard InChI is InChI=1S/C17H17NO3/c1-21-16(19)12-15(13-8-4-2-5-9-13)18-17(20)14-10-6-3-7-11-14/h2-11,15H,12H2,1H3,(H,18,20). The van der Waals surface area contributed by atoms with Crippen molar-refractivity contribution in [2.45, 2.75) is 12.5 Å². The average molecular weight is 283 g/mol. The van der Waals surface area contributed by atoms with E-state index in [4.69, 9.17) is 4.74 Å². The van der Waals surface area contributed by atoms with Crippen LogP contribution in [0.2, 0.25) is 0 Å². The van der Waals surface area contributed by atoms with Gasteiger partial charge in [0.1, 0.15) is 0 Å². The third-order valence-corrected chi connectivity index (χ3v) is 3.14. The highest BCUT2D eigenvalue weighted by Gasteiger charge is 2.19. The number of amides is 1. The largest absolute Gasteiger partial charge is 0.469 e. The molecule has 2 rings (SSSR count). The van der Waals surface area contributed by atoms with Gasteiger partial charge in [0, 0.05) is 5.56 Å². The van der Waals surface area contributed by atoms with E-state index in [9.17, 15) is 9.59 Å². The number of carbonyl (C=O) groups is 2. The molecule has 1 unspecified atom stereocenters. The van der Waals surface area contributed by atoms with E-state index < -0.39 is 6.04 Å². The normalized spacial score (nSPS) is 11.5. The van der Waals surface area contributed by atoms with Crippen molar-refractivity contribution in [3.63, 3.8) is 0 Å². The predicted octanol–water partition coefficient (Wildman–Crippen LogP) is 2.72. The molecule has 0 spiro atoms. The van der Waals surface area contributed by atoms with Crippen LogP contribution in [0.5, 0.6) is 0 Å². The van der Waals surface area contributed by atoms with Gasteiger partial charge in [-0.25, -0.2) is 0 Å². The van der Waals surface area contributed by atoms with E-state index in [1.54, 1.807) is 24.3 Å². The van der Waals surface area contributed by atoms with Crippen LogP contribution in [0.25, 0.3) is 0 Å². The van der Waals surface area contributed by atoms with Crippen LogP contribution in [0.3, 0.4) is 0 Å². The first-order chi connectivity index (χ1) is 10.2. The Balaban J connectivity index is 2.16. The summed E-state index contributed by atoms with van der Waals surface area (Å²) in [7, 11) is 1.34. The van der Waals surface area contributed by atoms with Crippen LogP contribution >= 0.6 is 0 Å². The summed E-state index contributed by atoms with van der Waals surface area (Å²) in [6.07, 6.45) is 0.0963. The minimum Gasteiger partial charge on any atom is -0.469 e. The van der Waals surface area contributed by atoms with Crippen LogP contribution in [0, 0.1) is 0 Å². The van der Waals surface area contributed by atoms with Gasteiger partial charge in [-0.1, -0.05) is 48.5 Å². The Kier molecular flexibility index (Phi) is 5.10. The van der Waals surface area contributed by atoms with Gasteiger partial charge in [-0.05, 0) is 17.7 Å². The molecule has 0 radical (unpaired) electrons. The fourth-order valence-corrected chi connectivity index (χ4v) is 2.02. The first-order valence-electron chi connectivity index (χ1n) is 6.68. The second-order valence-electron chi connectivity index (χ2n) is 4.58. The van der Waals surface area contributed by atoms with Crippen molar-refractivity contribution >= 4 is 11.9 Å². The maximum absolute atomic E-state index is 12.2. The van der Waals surface area contributed by atoms with Crippen LogP contribution in [0.1, 0.15) is 28.4 Å². The SMILES string of the molecule is COC(=O)CC(NC(=O)c1ccccc1)c1ccccc1. The molecule has 1 atom stereocenters. The molecule has 21 heavy (non-hydrogen) atoms. The number of methoxy groups -OCH3 is 1. The molecule has 0 fully saturated rings. The number of esters is 1. The highest BCUT2D eigenvalue weighted by molar-refractivity contribution is 5.94. The lowest BCUT2D eigenvalue weighted by atomic mass is 10.0. The Morgan fingerprint density at radius 1 is 1.00 bits per heavy atom. The van der Waals surface area contributed by atoms with Crippen LogP contribution < -0.4 is 5.32 Å². The molecule has 0 aliphatic carbocycles. The summed E-state index contributed by atoms with van der Waals surface area (Å²) in [5.41, 5.74) is 1.43. The number of rotatable bonds is 5. The molecule has 0 aliphatic rings. The predicted molar refractivity (Wildman–Crippen MR) is 79.7 cm³/mol. The topological polar surface area (TPSA) is 55.4 Å². The summed E-state index contributed by atoms with van der Waals surface area (Å²) < 4.78 is 4.70. The fraction of sp³-hybridized carbons (Fsp3) is 0.176. The Morgan fingerprint density at radius 3 is 2.14 bits per heavy atom. The first kappa shape index (κ1) is 14.8. The Hall–Kier alpha value is -2.62. The van der Waals surface area contributed by atoms with Crippen LogP contribution in [0.4, 0.5) is 0 Å². The van der Waals surface area contributed by atoms with Crippen LogP contribution in [-0.4, -0.2) is 19.0 Å². The molecular weight excluding hydrogens is 266 g/mol. The Bertz CT molecular complexity index is 596. The number of nitrogens with one attached hydrogen (secondary N) is 1. The van der Waals surface area contributed by atoms with Crippen molar-refractivity contribution < 1.29 is 14.3 Å². The molecule has 1 N–H and O–H groups in total. The van der Waals surface area contributed by atoms with Gasteiger partial charge in [-0.2, -0.15) is 0 Å². The molecule has 0 saturated heterocycles. The minimum atomic E-state index is -0.411. The summed E-state index contributed by atoms with van der Waals surface area (Å²) in [4.78, 5) is 23.8. The first-order valence-corrected chi connectivity index (χ1v) is 6.68. The van der Waals surface area contributed by atoms with Crippen molar-refractivity contribution in [1.82, 2.24) is 5.32 Å². The molecule has 0 heterocycles. The molecule has 0 aromatic heterocycles. The van der Waals surface area contributed by atoms with E-state index in [1.807, 2.05) is 36.4 Å². The van der Waals surface area contributed by atoms with E-state index in [-0.39, 0.29) is 18.3 Å². The summed E-state index contributed by atoms with van der Waals surface area (Å²) in [6.45, 7) is 0. The lowest BCUT2D eigenvalue weighted by molar-refractivity contribution is -0.141. The van der Waals surface area contributed by atoms with E-state index >= 15 is 0 Å². The van der Waals surface area contributed by atoms with Gasteiger partial charge in [0.15, 0.2) is 0 Å². The zero-order valence-corrected chi connectivity index (χ0v) is 11.8.